The van der Waals surface area contributed by atoms with E-state index in [-0.39, 0.29) is 17.1 Å². The van der Waals surface area contributed by atoms with Gasteiger partial charge in [0, 0.05) is 29.3 Å². The number of pyridine rings is 1. The topological polar surface area (TPSA) is 68.7 Å². The Morgan fingerprint density at radius 3 is 2.57 bits per heavy atom. The van der Waals surface area contributed by atoms with E-state index in [2.05, 4.69) is 4.98 Å². The van der Waals surface area contributed by atoms with Crippen molar-refractivity contribution in [2.45, 2.75) is 0 Å². The first-order valence-corrected chi connectivity index (χ1v) is 6.98. The molecule has 0 saturated heterocycles. The van der Waals surface area contributed by atoms with E-state index in [1.54, 1.807) is 50.6 Å². The van der Waals surface area contributed by atoms with Gasteiger partial charge in [0.15, 0.2) is 5.78 Å². The van der Waals surface area contributed by atoms with Crippen LogP contribution in [0.4, 0.5) is 0 Å². The first-order chi connectivity index (χ1) is 11.1. The third-order valence-electron chi connectivity index (χ3n) is 3.60. The second kappa shape index (κ2) is 5.96. The fourth-order valence-electron chi connectivity index (χ4n) is 2.40. The number of carbonyl (C=O) groups is 1. The van der Waals surface area contributed by atoms with Crippen molar-refractivity contribution in [3.05, 3.63) is 59.8 Å². The molecule has 1 N–H and O–H groups in total. The van der Waals surface area contributed by atoms with Crippen molar-refractivity contribution in [2.24, 2.45) is 0 Å². The van der Waals surface area contributed by atoms with Crippen molar-refractivity contribution in [3.63, 3.8) is 0 Å². The summed E-state index contributed by atoms with van der Waals surface area (Å²) in [7, 11) is 3.11. The van der Waals surface area contributed by atoms with Crippen molar-refractivity contribution in [3.8, 4) is 17.2 Å². The van der Waals surface area contributed by atoms with E-state index >= 15 is 0 Å². The zero-order valence-corrected chi connectivity index (χ0v) is 12.7. The van der Waals surface area contributed by atoms with Gasteiger partial charge in [0.25, 0.3) is 0 Å². The largest absolute Gasteiger partial charge is 0.507 e. The van der Waals surface area contributed by atoms with Crippen molar-refractivity contribution < 1.29 is 19.4 Å². The first-order valence-electron chi connectivity index (χ1n) is 6.98. The highest BCUT2D eigenvalue weighted by molar-refractivity contribution is 6.12. The van der Waals surface area contributed by atoms with Crippen LogP contribution in [0.15, 0.2) is 48.7 Å². The SMILES string of the molecule is COc1cc(OC)c2cc(C(=O)c3ccccc3O)cnc2c1. The number of methoxy groups -OCH3 is 2. The zero-order chi connectivity index (χ0) is 16.4. The van der Waals surface area contributed by atoms with Crippen LogP contribution in [-0.4, -0.2) is 30.1 Å². The fourth-order valence-corrected chi connectivity index (χ4v) is 2.40. The Balaban J connectivity index is 2.13. The number of ether oxygens (including phenoxy) is 2. The number of hydrogen-bond acceptors (Lipinski definition) is 5. The van der Waals surface area contributed by atoms with Crippen LogP contribution >= 0.6 is 0 Å². The molecule has 3 aromatic rings. The van der Waals surface area contributed by atoms with Crippen LogP contribution < -0.4 is 9.47 Å². The number of carbonyl (C=O) groups excluding carboxylic acids is 1. The Hall–Kier alpha value is -3.08. The molecule has 0 unspecified atom stereocenters. The van der Waals surface area contributed by atoms with Crippen molar-refractivity contribution in [2.75, 3.05) is 14.2 Å². The van der Waals surface area contributed by atoms with Gasteiger partial charge in [-0.1, -0.05) is 12.1 Å². The van der Waals surface area contributed by atoms with Gasteiger partial charge < -0.3 is 14.6 Å². The van der Waals surface area contributed by atoms with Crippen LogP contribution in [0.1, 0.15) is 15.9 Å². The van der Waals surface area contributed by atoms with Crippen LogP contribution in [-0.2, 0) is 0 Å². The molecule has 1 aromatic heterocycles. The zero-order valence-electron chi connectivity index (χ0n) is 12.7. The number of aromatic hydroxyl groups is 1. The summed E-state index contributed by atoms with van der Waals surface area (Å²) in [4.78, 5) is 16.9. The molecule has 3 rings (SSSR count). The normalized spacial score (nSPS) is 10.5. The minimum atomic E-state index is -0.296. The van der Waals surface area contributed by atoms with Gasteiger partial charge in [-0.25, -0.2) is 0 Å². The maximum Gasteiger partial charge on any atom is 0.198 e. The molecule has 0 aliphatic rings. The molecule has 2 aromatic carbocycles. The van der Waals surface area contributed by atoms with Crippen molar-refractivity contribution >= 4 is 16.7 Å². The molecule has 0 radical (unpaired) electrons. The number of para-hydroxylation sites is 1. The molecule has 0 atom stereocenters. The molecule has 0 spiro atoms. The predicted molar refractivity (Wildman–Crippen MR) is 86.4 cm³/mol. The molecule has 1 heterocycles. The smallest absolute Gasteiger partial charge is 0.198 e. The summed E-state index contributed by atoms with van der Waals surface area (Å²) in [5.74, 6) is 0.843. The molecule has 116 valence electrons. The highest BCUT2D eigenvalue weighted by Crippen LogP contribution is 2.31. The quantitative estimate of drug-likeness (QED) is 0.750. The van der Waals surface area contributed by atoms with Crippen LogP contribution in [0.5, 0.6) is 17.2 Å². The molecule has 5 heteroatoms. The van der Waals surface area contributed by atoms with Crippen molar-refractivity contribution in [1.29, 1.82) is 0 Å². The van der Waals surface area contributed by atoms with Gasteiger partial charge in [0.1, 0.15) is 17.2 Å². The number of phenols is 1. The average molecular weight is 309 g/mol. The maximum absolute atomic E-state index is 12.6. The average Bonchev–Trinajstić information content (AvgIpc) is 2.60. The monoisotopic (exact) mass is 309 g/mol. The lowest BCUT2D eigenvalue weighted by Gasteiger charge is -2.10. The van der Waals surface area contributed by atoms with Gasteiger partial charge in [-0.15, -0.1) is 0 Å². The summed E-state index contributed by atoms with van der Waals surface area (Å²) >= 11 is 0. The van der Waals surface area contributed by atoms with Crippen LogP contribution in [0.25, 0.3) is 10.9 Å². The molecule has 0 aliphatic heterocycles. The van der Waals surface area contributed by atoms with Gasteiger partial charge in [-0.05, 0) is 18.2 Å². The first kappa shape index (κ1) is 14.8. The molecule has 5 nitrogen and oxygen atoms in total. The molecular formula is C18H15NO4. The lowest BCUT2D eigenvalue weighted by atomic mass is 10.0. The molecular weight excluding hydrogens is 294 g/mol. The van der Waals surface area contributed by atoms with E-state index in [1.165, 1.54) is 12.3 Å². The Morgan fingerprint density at radius 1 is 1.09 bits per heavy atom. The summed E-state index contributed by atoms with van der Waals surface area (Å²) in [6.07, 6.45) is 1.48. The third-order valence-corrected chi connectivity index (χ3v) is 3.60. The summed E-state index contributed by atoms with van der Waals surface area (Å²) in [5.41, 5.74) is 1.28. The molecule has 0 saturated carbocycles. The highest BCUT2D eigenvalue weighted by Gasteiger charge is 2.15. The summed E-state index contributed by atoms with van der Waals surface area (Å²) in [6, 6.07) is 11.6. The van der Waals surface area contributed by atoms with Gasteiger partial charge in [-0.3, -0.25) is 9.78 Å². The lowest BCUT2D eigenvalue weighted by Crippen LogP contribution is -2.03. The maximum atomic E-state index is 12.6. The van der Waals surface area contributed by atoms with Gasteiger partial charge >= 0.3 is 0 Å². The number of fused-ring (bicyclic) bond motifs is 1. The van der Waals surface area contributed by atoms with E-state index in [0.29, 0.717) is 28.0 Å². The second-order valence-corrected chi connectivity index (χ2v) is 4.97. The predicted octanol–water partition coefficient (Wildman–Crippen LogP) is 3.19. The minimum absolute atomic E-state index is 0.0562. The minimum Gasteiger partial charge on any atom is -0.507 e. The Morgan fingerprint density at radius 2 is 1.87 bits per heavy atom. The number of benzene rings is 2. The van der Waals surface area contributed by atoms with Crippen LogP contribution in [0, 0.1) is 0 Å². The summed E-state index contributed by atoms with van der Waals surface area (Å²) < 4.78 is 10.6. The molecule has 0 bridgehead atoms. The Bertz CT molecular complexity index is 889. The van der Waals surface area contributed by atoms with Gasteiger partial charge in [-0.2, -0.15) is 0 Å². The van der Waals surface area contributed by atoms with E-state index < -0.39 is 0 Å². The standard InChI is InChI=1S/C18H15NO4/c1-22-12-8-15-14(17(9-12)23-2)7-11(10-19-15)18(21)13-5-3-4-6-16(13)20/h3-10,20H,1-2H3. The number of ketones is 1. The summed E-state index contributed by atoms with van der Waals surface area (Å²) in [6.45, 7) is 0. The van der Waals surface area contributed by atoms with Crippen molar-refractivity contribution in [1.82, 2.24) is 4.98 Å². The molecule has 0 amide bonds. The lowest BCUT2D eigenvalue weighted by molar-refractivity contribution is 0.103. The molecule has 0 aliphatic carbocycles. The van der Waals surface area contributed by atoms with E-state index in [4.69, 9.17) is 9.47 Å². The van der Waals surface area contributed by atoms with Crippen LogP contribution in [0.2, 0.25) is 0 Å². The second-order valence-electron chi connectivity index (χ2n) is 4.97. The number of hydrogen-bond donors (Lipinski definition) is 1. The highest BCUT2D eigenvalue weighted by atomic mass is 16.5. The number of nitrogens with zero attached hydrogens (tertiary/aromatic N) is 1. The fraction of sp³-hybridized carbons (Fsp3) is 0.111. The van der Waals surface area contributed by atoms with E-state index in [1.807, 2.05) is 0 Å². The third kappa shape index (κ3) is 2.68. The van der Waals surface area contributed by atoms with E-state index in [9.17, 15) is 9.90 Å². The summed E-state index contributed by atoms with van der Waals surface area (Å²) in [5, 5.41) is 10.5. The number of rotatable bonds is 4. The molecule has 23 heavy (non-hydrogen) atoms. The Kier molecular flexibility index (Phi) is 3.85. The Labute approximate surface area is 133 Å². The van der Waals surface area contributed by atoms with E-state index in [0.717, 1.165) is 0 Å². The molecule has 0 fully saturated rings. The van der Waals surface area contributed by atoms with Gasteiger partial charge in [0.05, 0.1) is 25.3 Å². The number of aromatic nitrogens is 1. The number of phenolic OH excluding ortho intramolecular Hbond substituents is 1. The van der Waals surface area contributed by atoms with Gasteiger partial charge in [0.2, 0.25) is 0 Å². The van der Waals surface area contributed by atoms with Crippen LogP contribution in [0.3, 0.4) is 0 Å².